The maximum Gasteiger partial charge on any atom is 0.192 e. The SMILES string of the molecule is CC(CCCC(C)(C)O[Si](C)(C)C(C)(C)C)COCOCc1ccccc1. The molecule has 0 heterocycles. The van der Waals surface area contributed by atoms with Crippen molar-refractivity contribution in [3.8, 4) is 0 Å². The summed E-state index contributed by atoms with van der Waals surface area (Å²) in [5, 5.41) is 0.255. The molecule has 0 spiro atoms. The molecule has 0 saturated heterocycles. The first-order valence-electron chi connectivity index (χ1n) is 10.3. The third-order valence-electron chi connectivity index (χ3n) is 5.49. The zero-order chi connectivity index (χ0) is 20.6. The molecule has 0 fully saturated rings. The predicted molar refractivity (Wildman–Crippen MR) is 117 cm³/mol. The van der Waals surface area contributed by atoms with Crippen molar-refractivity contribution in [2.45, 2.75) is 91.1 Å². The molecular weight excluding hydrogens is 352 g/mol. The Balaban J connectivity index is 2.17. The quantitative estimate of drug-likeness (QED) is 0.222. The minimum Gasteiger partial charge on any atom is -0.412 e. The average molecular weight is 395 g/mol. The van der Waals surface area contributed by atoms with Gasteiger partial charge >= 0.3 is 0 Å². The van der Waals surface area contributed by atoms with Crippen LogP contribution < -0.4 is 0 Å². The molecule has 0 saturated carbocycles. The monoisotopic (exact) mass is 394 g/mol. The molecule has 0 aliphatic heterocycles. The van der Waals surface area contributed by atoms with E-state index >= 15 is 0 Å². The van der Waals surface area contributed by atoms with Gasteiger partial charge in [0.2, 0.25) is 0 Å². The van der Waals surface area contributed by atoms with E-state index in [1.165, 1.54) is 5.56 Å². The van der Waals surface area contributed by atoms with Gasteiger partial charge in [0.05, 0.1) is 18.8 Å². The van der Waals surface area contributed by atoms with Gasteiger partial charge in [-0.2, -0.15) is 0 Å². The average Bonchev–Trinajstić information content (AvgIpc) is 2.53. The standard InChI is InChI=1S/C23H42O3Si/c1-20(17-24-19-25-18-21-14-10-9-11-15-21)13-12-16-23(5,6)26-27(7,8)22(2,3)4/h9-11,14-15,20H,12-13,16-19H2,1-8H3. The molecule has 0 aliphatic carbocycles. The molecule has 0 N–H and O–H groups in total. The first kappa shape index (κ1) is 24.4. The highest BCUT2D eigenvalue weighted by Gasteiger charge is 2.41. The Morgan fingerprint density at radius 2 is 1.59 bits per heavy atom. The van der Waals surface area contributed by atoms with Crippen molar-refractivity contribution >= 4 is 8.32 Å². The van der Waals surface area contributed by atoms with Gasteiger partial charge in [0.25, 0.3) is 0 Å². The lowest BCUT2D eigenvalue weighted by molar-refractivity contribution is -0.0711. The number of rotatable bonds is 12. The fourth-order valence-corrected chi connectivity index (χ4v) is 4.69. The van der Waals surface area contributed by atoms with Crippen molar-refractivity contribution in [2.75, 3.05) is 13.4 Å². The summed E-state index contributed by atoms with van der Waals surface area (Å²) in [5.41, 5.74) is 1.13. The molecule has 1 rings (SSSR count). The van der Waals surface area contributed by atoms with E-state index in [1.54, 1.807) is 0 Å². The van der Waals surface area contributed by atoms with Crippen LogP contribution in [0.2, 0.25) is 18.1 Å². The third-order valence-corrected chi connectivity index (χ3v) is 10.2. The Labute approximate surface area is 168 Å². The Hall–Kier alpha value is -0.683. The number of hydrogen-bond donors (Lipinski definition) is 0. The maximum absolute atomic E-state index is 6.61. The molecule has 0 aromatic heterocycles. The molecule has 156 valence electrons. The largest absolute Gasteiger partial charge is 0.412 e. The van der Waals surface area contributed by atoms with Gasteiger partial charge in [0.15, 0.2) is 8.32 Å². The van der Waals surface area contributed by atoms with Crippen LogP contribution in [0.4, 0.5) is 0 Å². The van der Waals surface area contributed by atoms with Gasteiger partial charge in [0, 0.05) is 0 Å². The fourth-order valence-electron chi connectivity index (χ4n) is 2.90. The maximum atomic E-state index is 6.61. The van der Waals surface area contributed by atoms with Crippen LogP contribution in [-0.2, 0) is 20.5 Å². The van der Waals surface area contributed by atoms with Gasteiger partial charge in [-0.15, -0.1) is 0 Å². The van der Waals surface area contributed by atoms with E-state index in [4.69, 9.17) is 13.9 Å². The Kier molecular flexibility index (Phi) is 9.70. The molecular formula is C23H42O3Si. The topological polar surface area (TPSA) is 27.7 Å². The Bertz CT molecular complexity index is 520. The summed E-state index contributed by atoms with van der Waals surface area (Å²) < 4.78 is 17.9. The zero-order valence-electron chi connectivity index (χ0n) is 18.9. The first-order chi connectivity index (χ1) is 12.4. The van der Waals surface area contributed by atoms with Crippen molar-refractivity contribution in [1.29, 1.82) is 0 Å². The lowest BCUT2D eigenvalue weighted by Crippen LogP contribution is -2.47. The molecule has 1 aromatic rings. The van der Waals surface area contributed by atoms with E-state index in [9.17, 15) is 0 Å². The summed E-state index contributed by atoms with van der Waals surface area (Å²) in [6.45, 7) is 20.0. The van der Waals surface area contributed by atoms with Crippen LogP contribution in [0.15, 0.2) is 30.3 Å². The molecule has 27 heavy (non-hydrogen) atoms. The molecule has 0 radical (unpaired) electrons. The molecule has 0 amide bonds. The summed E-state index contributed by atoms with van der Waals surface area (Å²) in [6, 6.07) is 10.2. The van der Waals surface area contributed by atoms with Gasteiger partial charge in [-0.05, 0) is 56.3 Å². The number of ether oxygens (including phenoxy) is 2. The minimum absolute atomic E-state index is 0.0532. The number of benzene rings is 1. The first-order valence-corrected chi connectivity index (χ1v) is 13.2. The van der Waals surface area contributed by atoms with Crippen LogP contribution in [0.1, 0.15) is 66.4 Å². The zero-order valence-corrected chi connectivity index (χ0v) is 19.9. The molecule has 3 nitrogen and oxygen atoms in total. The highest BCUT2D eigenvalue weighted by Crippen LogP contribution is 2.40. The van der Waals surface area contributed by atoms with Crippen molar-refractivity contribution in [3.05, 3.63) is 35.9 Å². The van der Waals surface area contributed by atoms with Crippen molar-refractivity contribution < 1.29 is 13.9 Å². The van der Waals surface area contributed by atoms with Gasteiger partial charge in [-0.25, -0.2) is 0 Å². The smallest absolute Gasteiger partial charge is 0.192 e. The molecule has 4 heteroatoms. The second-order valence-corrected chi connectivity index (χ2v) is 14.7. The summed E-state index contributed by atoms with van der Waals surface area (Å²) in [5.74, 6) is 0.536. The number of hydrogen-bond acceptors (Lipinski definition) is 3. The van der Waals surface area contributed by atoms with Crippen LogP contribution in [0.3, 0.4) is 0 Å². The summed E-state index contributed by atoms with van der Waals surface area (Å²) in [6.07, 6.45) is 3.41. The van der Waals surface area contributed by atoms with Gasteiger partial charge in [-0.3, -0.25) is 0 Å². The highest BCUT2D eigenvalue weighted by molar-refractivity contribution is 6.74. The van der Waals surface area contributed by atoms with Crippen LogP contribution >= 0.6 is 0 Å². The fraction of sp³-hybridized carbons (Fsp3) is 0.739. The van der Waals surface area contributed by atoms with E-state index in [2.05, 4.69) is 66.8 Å². The van der Waals surface area contributed by atoms with Gasteiger partial charge < -0.3 is 13.9 Å². The van der Waals surface area contributed by atoms with Crippen molar-refractivity contribution in [1.82, 2.24) is 0 Å². The van der Waals surface area contributed by atoms with E-state index in [-0.39, 0.29) is 10.6 Å². The van der Waals surface area contributed by atoms with Gasteiger partial charge in [0.1, 0.15) is 6.79 Å². The second-order valence-electron chi connectivity index (χ2n) is 9.94. The van der Waals surface area contributed by atoms with E-state index in [0.29, 0.717) is 19.3 Å². The van der Waals surface area contributed by atoms with E-state index in [0.717, 1.165) is 25.9 Å². The molecule has 1 aromatic carbocycles. The summed E-state index contributed by atoms with van der Waals surface area (Å²) >= 11 is 0. The molecule has 1 atom stereocenters. The van der Waals surface area contributed by atoms with Crippen LogP contribution in [0, 0.1) is 5.92 Å². The van der Waals surface area contributed by atoms with Crippen molar-refractivity contribution in [2.24, 2.45) is 5.92 Å². The third kappa shape index (κ3) is 9.88. The minimum atomic E-state index is -1.72. The van der Waals surface area contributed by atoms with Crippen molar-refractivity contribution in [3.63, 3.8) is 0 Å². The van der Waals surface area contributed by atoms with Gasteiger partial charge in [-0.1, -0.05) is 64.4 Å². The van der Waals surface area contributed by atoms with E-state index in [1.807, 2.05) is 18.2 Å². The highest BCUT2D eigenvalue weighted by atomic mass is 28.4. The molecule has 0 bridgehead atoms. The van der Waals surface area contributed by atoms with Crippen LogP contribution in [0.5, 0.6) is 0 Å². The second kappa shape index (κ2) is 10.8. The van der Waals surface area contributed by atoms with Crippen LogP contribution in [0.25, 0.3) is 0 Å². The Morgan fingerprint density at radius 1 is 0.963 bits per heavy atom. The lowest BCUT2D eigenvalue weighted by Gasteiger charge is -2.43. The van der Waals surface area contributed by atoms with E-state index < -0.39 is 8.32 Å². The lowest BCUT2D eigenvalue weighted by atomic mass is 9.97. The normalized spacial score (nSPS) is 14.4. The van der Waals surface area contributed by atoms with Crippen LogP contribution in [-0.4, -0.2) is 27.3 Å². The molecule has 0 aliphatic rings. The Morgan fingerprint density at radius 3 is 2.19 bits per heavy atom. The summed E-state index contributed by atoms with van der Waals surface area (Å²) in [7, 11) is -1.72. The molecule has 1 unspecified atom stereocenters. The summed E-state index contributed by atoms with van der Waals surface area (Å²) in [4.78, 5) is 0. The predicted octanol–water partition coefficient (Wildman–Crippen LogP) is 6.78.